The number of rotatable bonds is 4. The average molecular weight is 278 g/mol. The Labute approximate surface area is 119 Å². The van der Waals surface area contributed by atoms with Crippen LogP contribution in [0.4, 0.5) is 0 Å². The molecule has 2 saturated heterocycles. The van der Waals surface area contributed by atoms with E-state index in [-0.39, 0.29) is 0 Å². The first kappa shape index (κ1) is 13.4. The van der Waals surface area contributed by atoms with Crippen molar-refractivity contribution in [1.82, 2.24) is 15.8 Å². The molecule has 0 aromatic carbocycles. The van der Waals surface area contributed by atoms with Crippen LogP contribution in [0.5, 0.6) is 0 Å². The van der Waals surface area contributed by atoms with Crippen molar-refractivity contribution in [3.63, 3.8) is 0 Å². The predicted molar refractivity (Wildman–Crippen MR) is 75.5 cm³/mol. The zero-order valence-electron chi connectivity index (χ0n) is 12.1. The van der Waals surface area contributed by atoms with Crippen molar-refractivity contribution in [1.29, 1.82) is 0 Å². The number of guanidine groups is 1. The Hall–Kier alpha value is -1.56. The van der Waals surface area contributed by atoms with Crippen molar-refractivity contribution in [2.24, 2.45) is 4.99 Å². The number of hydrogen-bond acceptors (Lipinski definition) is 4. The van der Waals surface area contributed by atoms with E-state index >= 15 is 0 Å². The molecule has 3 atom stereocenters. The Kier molecular flexibility index (Phi) is 3.91. The van der Waals surface area contributed by atoms with Crippen LogP contribution in [0.1, 0.15) is 37.6 Å². The minimum atomic E-state index is 0.343. The van der Waals surface area contributed by atoms with Crippen LogP contribution >= 0.6 is 0 Å². The normalized spacial score (nSPS) is 28.9. The molecular weight excluding hydrogens is 256 g/mol. The number of aryl methyl sites for hydroxylation is 1. The third-order valence-corrected chi connectivity index (χ3v) is 4.05. The third kappa shape index (κ3) is 2.80. The van der Waals surface area contributed by atoms with Crippen LogP contribution in [0.3, 0.4) is 0 Å². The highest BCUT2D eigenvalue weighted by Crippen LogP contribution is 2.34. The molecule has 3 heterocycles. The molecule has 0 saturated carbocycles. The molecule has 110 valence electrons. The van der Waals surface area contributed by atoms with Crippen LogP contribution in [-0.2, 0) is 17.7 Å². The van der Waals surface area contributed by atoms with Crippen LogP contribution in [0.2, 0.25) is 0 Å². The lowest BCUT2D eigenvalue weighted by Gasteiger charge is -2.22. The van der Waals surface area contributed by atoms with Gasteiger partial charge in [0.1, 0.15) is 0 Å². The maximum Gasteiger partial charge on any atom is 0.191 e. The highest BCUT2D eigenvalue weighted by molar-refractivity contribution is 5.80. The molecule has 3 unspecified atom stereocenters. The van der Waals surface area contributed by atoms with Gasteiger partial charge in [0.2, 0.25) is 0 Å². The van der Waals surface area contributed by atoms with E-state index in [1.165, 1.54) is 6.42 Å². The monoisotopic (exact) mass is 278 g/mol. The Morgan fingerprint density at radius 1 is 1.50 bits per heavy atom. The molecule has 0 spiro atoms. The molecule has 0 aliphatic carbocycles. The van der Waals surface area contributed by atoms with Gasteiger partial charge in [-0.3, -0.25) is 4.99 Å². The molecule has 1 aromatic heterocycles. The Balaban J connectivity index is 1.50. The first-order valence-electron chi connectivity index (χ1n) is 7.35. The summed E-state index contributed by atoms with van der Waals surface area (Å²) >= 11 is 0. The van der Waals surface area contributed by atoms with Gasteiger partial charge in [-0.2, -0.15) is 0 Å². The number of nitrogens with zero attached hydrogens (tertiary/aromatic N) is 2. The summed E-state index contributed by atoms with van der Waals surface area (Å²) in [4.78, 5) is 4.25. The second-order valence-corrected chi connectivity index (χ2v) is 5.42. The summed E-state index contributed by atoms with van der Waals surface area (Å²) in [7, 11) is 1.78. The lowest BCUT2D eigenvalue weighted by molar-refractivity contribution is 0.0992. The van der Waals surface area contributed by atoms with Gasteiger partial charge < -0.3 is 19.9 Å². The van der Waals surface area contributed by atoms with Gasteiger partial charge in [0.15, 0.2) is 11.7 Å². The lowest BCUT2D eigenvalue weighted by atomic mass is 9.96. The molecule has 2 aliphatic heterocycles. The maximum atomic E-state index is 5.84. The quantitative estimate of drug-likeness (QED) is 0.640. The number of ether oxygens (including phenoxy) is 1. The van der Waals surface area contributed by atoms with Gasteiger partial charge in [0.05, 0.1) is 30.5 Å². The van der Waals surface area contributed by atoms with E-state index in [0.717, 1.165) is 36.7 Å². The lowest BCUT2D eigenvalue weighted by Crippen LogP contribution is -2.47. The van der Waals surface area contributed by atoms with Crippen LogP contribution in [0.15, 0.2) is 15.6 Å². The van der Waals surface area contributed by atoms with Crippen molar-refractivity contribution in [2.75, 3.05) is 7.05 Å². The number of aliphatic imine (C=N–C) groups is 1. The van der Waals surface area contributed by atoms with Crippen LogP contribution in [-0.4, -0.2) is 36.4 Å². The smallest absolute Gasteiger partial charge is 0.191 e. The molecule has 6 nitrogen and oxygen atoms in total. The molecule has 2 fully saturated rings. The number of nitrogens with one attached hydrogen (secondary N) is 2. The van der Waals surface area contributed by atoms with Crippen molar-refractivity contribution in [3.8, 4) is 0 Å². The van der Waals surface area contributed by atoms with Crippen LogP contribution < -0.4 is 10.6 Å². The number of hydrogen-bond donors (Lipinski definition) is 2. The fourth-order valence-corrected chi connectivity index (χ4v) is 2.94. The van der Waals surface area contributed by atoms with Crippen molar-refractivity contribution in [3.05, 3.63) is 17.5 Å². The molecule has 0 amide bonds. The highest BCUT2D eigenvalue weighted by atomic mass is 16.5. The van der Waals surface area contributed by atoms with E-state index in [0.29, 0.717) is 24.8 Å². The molecule has 20 heavy (non-hydrogen) atoms. The van der Waals surface area contributed by atoms with E-state index in [1.807, 2.05) is 6.07 Å². The van der Waals surface area contributed by atoms with Gasteiger partial charge >= 0.3 is 0 Å². The first-order valence-corrected chi connectivity index (χ1v) is 7.35. The minimum Gasteiger partial charge on any atom is -0.373 e. The fraction of sp³-hybridized carbons (Fsp3) is 0.714. The SMILES string of the molecule is CCc1cc(CNC(=NC)NC2CC3CCC2O3)on1. The van der Waals surface area contributed by atoms with Gasteiger partial charge in [0, 0.05) is 13.1 Å². The Bertz CT molecular complexity index is 485. The summed E-state index contributed by atoms with van der Waals surface area (Å²) in [5.41, 5.74) is 0.978. The summed E-state index contributed by atoms with van der Waals surface area (Å²) in [6, 6.07) is 2.35. The second-order valence-electron chi connectivity index (χ2n) is 5.42. The highest BCUT2D eigenvalue weighted by Gasteiger charge is 2.41. The molecule has 3 rings (SSSR count). The number of fused-ring (bicyclic) bond motifs is 2. The average Bonchev–Trinajstić information content (AvgIpc) is 3.19. The van der Waals surface area contributed by atoms with Gasteiger partial charge in [0.25, 0.3) is 0 Å². The summed E-state index contributed by atoms with van der Waals surface area (Å²) in [6.07, 6.45) is 5.10. The molecule has 2 aliphatic rings. The van der Waals surface area contributed by atoms with Crippen LogP contribution in [0, 0.1) is 0 Å². The standard InChI is InChI=1S/C14H22N4O2/c1-3-9-6-11(20-18-9)8-16-14(15-2)17-12-7-10-4-5-13(12)19-10/h6,10,12-13H,3-5,7-8H2,1-2H3,(H2,15,16,17). The summed E-state index contributed by atoms with van der Waals surface area (Å²) in [6.45, 7) is 2.65. The summed E-state index contributed by atoms with van der Waals surface area (Å²) in [5.74, 6) is 1.62. The van der Waals surface area contributed by atoms with Crippen molar-refractivity contribution >= 4 is 5.96 Å². The van der Waals surface area contributed by atoms with E-state index in [1.54, 1.807) is 7.05 Å². The molecule has 2 bridgehead atoms. The Morgan fingerprint density at radius 2 is 2.40 bits per heavy atom. The largest absolute Gasteiger partial charge is 0.373 e. The van der Waals surface area contributed by atoms with Crippen LogP contribution in [0.25, 0.3) is 0 Å². The van der Waals surface area contributed by atoms with Gasteiger partial charge in [-0.15, -0.1) is 0 Å². The fourth-order valence-electron chi connectivity index (χ4n) is 2.94. The van der Waals surface area contributed by atoms with Gasteiger partial charge in [-0.05, 0) is 25.7 Å². The topological polar surface area (TPSA) is 71.7 Å². The molecule has 1 aromatic rings. The Morgan fingerprint density at radius 3 is 3.00 bits per heavy atom. The number of aromatic nitrogens is 1. The predicted octanol–water partition coefficient (Wildman–Crippen LogP) is 1.22. The van der Waals surface area contributed by atoms with E-state index < -0.39 is 0 Å². The van der Waals surface area contributed by atoms with E-state index in [9.17, 15) is 0 Å². The maximum absolute atomic E-state index is 5.84. The molecular formula is C14H22N4O2. The zero-order chi connectivity index (χ0) is 13.9. The first-order chi connectivity index (χ1) is 9.78. The molecule has 2 N–H and O–H groups in total. The van der Waals surface area contributed by atoms with Gasteiger partial charge in [-0.25, -0.2) is 0 Å². The molecule has 6 heteroatoms. The molecule has 0 radical (unpaired) electrons. The summed E-state index contributed by atoms with van der Waals surface area (Å²) < 4.78 is 11.1. The zero-order valence-corrected chi connectivity index (χ0v) is 12.1. The third-order valence-electron chi connectivity index (χ3n) is 4.05. The second kappa shape index (κ2) is 5.83. The van der Waals surface area contributed by atoms with E-state index in [2.05, 4.69) is 27.7 Å². The minimum absolute atomic E-state index is 0.343. The van der Waals surface area contributed by atoms with E-state index in [4.69, 9.17) is 9.26 Å². The summed E-state index contributed by atoms with van der Waals surface area (Å²) in [5, 5.41) is 10.7. The van der Waals surface area contributed by atoms with Crippen molar-refractivity contribution in [2.45, 2.75) is 57.4 Å². The van der Waals surface area contributed by atoms with Crippen molar-refractivity contribution < 1.29 is 9.26 Å². The van der Waals surface area contributed by atoms with Gasteiger partial charge in [-0.1, -0.05) is 12.1 Å².